The van der Waals surface area contributed by atoms with Gasteiger partial charge >= 0.3 is 0 Å². The van der Waals surface area contributed by atoms with E-state index in [9.17, 15) is 4.79 Å². The lowest BCUT2D eigenvalue weighted by molar-refractivity contribution is 0.101. The third-order valence-corrected chi connectivity index (χ3v) is 3.31. The summed E-state index contributed by atoms with van der Waals surface area (Å²) in [7, 11) is 1.56. The lowest BCUT2D eigenvalue weighted by Gasteiger charge is -2.11. The molecule has 0 unspecified atom stereocenters. The molecule has 0 atom stereocenters. The molecule has 80 valence electrons. The van der Waals surface area contributed by atoms with Gasteiger partial charge in [-0.2, -0.15) is 0 Å². The maximum atomic E-state index is 11.4. The lowest BCUT2D eigenvalue weighted by Crippen LogP contribution is -2.00. The second-order valence-electron chi connectivity index (χ2n) is 3.40. The standard InChI is InChI=1S/C11H11BrO3/c1-6(13)8-5-9-7(3-4-15-9)10(12)11(8)14-2/h5H,3-4H2,1-2H3. The van der Waals surface area contributed by atoms with Crippen LogP contribution in [0.15, 0.2) is 10.5 Å². The minimum atomic E-state index is -0.0224. The zero-order valence-corrected chi connectivity index (χ0v) is 10.2. The summed E-state index contributed by atoms with van der Waals surface area (Å²) in [6.07, 6.45) is 0.852. The first-order valence-electron chi connectivity index (χ1n) is 4.68. The highest BCUT2D eigenvalue weighted by molar-refractivity contribution is 9.10. The summed E-state index contributed by atoms with van der Waals surface area (Å²) in [5, 5.41) is 0. The summed E-state index contributed by atoms with van der Waals surface area (Å²) in [6.45, 7) is 2.18. The van der Waals surface area contributed by atoms with Crippen molar-refractivity contribution in [2.24, 2.45) is 0 Å². The van der Waals surface area contributed by atoms with Crippen LogP contribution in [0.25, 0.3) is 0 Å². The predicted molar refractivity (Wildman–Crippen MR) is 59.9 cm³/mol. The molecule has 0 radical (unpaired) electrons. The van der Waals surface area contributed by atoms with E-state index in [1.807, 2.05) is 0 Å². The van der Waals surface area contributed by atoms with Crippen LogP contribution in [0.4, 0.5) is 0 Å². The Balaban J connectivity index is 2.66. The molecular formula is C11H11BrO3. The van der Waals surface area contributed by atoms with Gasteiger partial charge in [0.25, 0.3) is 0 Å². The number of halogens is 1. The Morgan fingerprint density at radius 3 is 2.93 bits per heavy atom. The fourth-order valence-electron chi connectivity index (χ4n) is 1.73. The number of carbonyl (C=O) groups is 1. The van der Waals surface area contributed by atoms with E-state index in [2.05, 4.69) is 15.9 Å². The van der Waals surface area contributed by atoms with Crippen LogP contribution >= 0.6 is 15.9 Å². The number of Topliss-reactive ketones (excluding diaryl/α,β-unsaturated/α-hetero) is 1. The molecule has 0 spiro atoms. The fourth-order valence-corrected chi connectivity index (χ4v) is 2.50. The van der Waals surface area contributed by atoms with Gasteiger partial charge in [-0.15, -0.1) is 0 Å². The number of hydrogen-bond donors (Lipinski definition) is 0. The Bertz CT molecular complexity index is 426. The molecule has 15 heavy (non-hydrogen) atoms. The summed E-state index contributed by atoms with van der Waals surface area (Å²) in [4.78, 5) is 11.4. The van der Waals surface area contributed by atoms with Gasteiger partial charge in [-0.1, -0.05) is 0 Å². The minimum absolute atomic E-state index is 0.0224. The minimum Gasteiger partial charge on any atom is -0.495 e. The first-order valence-corrected chi connectivity index (χ1v) is 5.47. The molecule has 1 aliphatic heterocycles. The number of rotatable bonds is 2. The van der Waals surface area contributed by atoms with Gasteiger partial charge in [-0.3, -0.25) is 4.79 Å². The monoisotopic (exact) mass is 270 g/mol. The summed E-state index contributed by atoms with van der Waals surface area (Å²) < 4.78 is 11.5. The molecular weight excluding hydrogens is 260 g/mol. The second-order valence-corrected chi connectivity index (χ2v) is 4.20. The van der Waals surface area contributed by atoms with Crippen molar-refractivity contribution in [3.63, 3.8) is 0 Å². The number of benzene rings is 1. The average molecular weight is 271 g/mol. The normalized spacial score (nSPS) is 13.3. The second kappa shape index (κ2) is 3.85. The number of ketones is 1. The van der Waals surface area contributed by atoms with Crippen LogP contribution in [0.2, 0.25) is 0 Å². The van der Waals surface area contributed by atoms with E-state index in [-0.39, 0.29) is 5.78 Å². The average Bonchev–Trinajstić information content (AvgIpc) is 2.65. The molecule has 3 nitrogen and oxygen atoms in total. The van der Waals surface area contributed by atoms with Crippen LogP contribution < -0.4 is 9.47 Å². The third-order valence-electron chi connectivity index (χ3n) is 2.47. The Morgan fingerprint density at radius 1 is 1.60 bits per heavy atom. The smallest absolute Gasteiger partial charge is 0.163 e. The molecule has 2 rings (SSSR count). The van der Waals surface area contributed by atoms with Crippen LogP contribution in [0.5, 0.6) is 11.5 Å². The maximum Gasteiger partial charge on any atom is 0.163 e. The van der Waals surface area contributed by atoms with E-state index in [1.165, 1.54) is 6.92 Å². The molecule has 0 amide bonds. The van der Waals surface area contributed by atoms with Crippen molar-refractivity contribution in [3.05, 3.63) is 21.7 Å². The van der Waals surface area contributed by atoms with Gasteiger partial charge in [0, 0.05) is 12.0 Å². The number of methoxy groups -OCH3 is 1. The highest BCUT2D eigenvalue weighted by Crippen LogP contribution is 2.41. The predicted octanol–water partition coefficient (Wildman–Crippen LogP) is 2.60. The van der Waals surface area contributed by atoms with E-state index in [4.69, 9.17) is 9.47 Å². The van der Waals surface area contributed by atoms with Gasteiger partial charge in [-0.25, -0.2) is 0 Å². The van der Waals surface area contributed by atoms with Crippen molar-refractivity contribution in [3.8, 4) is 11.5 Å². The van der Waals surface area contributed by atoms with E-state index >= 15 is 0 Å². The first kappa shape index (κ1) is 10.5. The summed E-state index contributed by atoms with van der Waals surface area (Å²) in [6, 6.07) is 1.76. The van der Waals surface area contributed by atoms with Gasteiger partial charge < -0.3 is 9.47 Å². The van der Waals surface area contributed by atoms with Crippen LogP contribution in [0.1, 0.15) is 22.8 Å². The number of fused-ring (bicyclic) bond motifs is 1. The van der Waals surface area contributed by atoms with Crippen molar-refractivity contribution in [1.82, 2.24) is 0 Å². The Morgan fingerprint density at radius 2 is 2.33 bits per heavy atom. The van der Waals surface area contributed by atoms with Crippen LogP contribution in [0, 0.1) is 0 Å². The molecule has 1 aromatic carbocycles. The van der Waals surface area contributed by atoms with E-state index in [0.29, 0.717) is 17.9 Å². The molecule has 1 aliphatic rings. The summed E-state index contributed by atoms with van der Waals surface area (Å²) in [5.41, 5.74) is 1.64. The number of ether oxygens (including phenoxy) is 2. The Kier molecular flexibility index (Phi) is 2.69. The van der Waals surface area contributed by atoms with Gasteiger partial charge in [0.15, 0.2) is 5.78 Å². The summed E-state index contributed by atoms with van der Waals surface area (Å²) in [5.74, 6) is 1.37. The lowest BCUT2D eigenvalue weighted by atomic mass is 10.1. The van der Waals surface area contributed by atoms with E-state index < -0.39 is 0 Å². The number of carbonyl (C=O) groups excluding carboxylic acids is 1. The largest absolute Gasteiger partial charge is 0.495 e. The summed E-state index contributed by atoms with van der Waals surface area (Å²) >= 11 is 3.45. The van der Waals surface area contributed by atoms with Gasteiger partial charge in [0.1, 0.15) is 11.5 Å². The SMILES string of the molecule is COc1c(C(C)=O)cc2c(c1Br)CCO2. The molecule has 0 aliphatic carbocycles. The van der Waals surface area contributed by atoms with E-state index in [1.54, 1.807) is 13.2 Å². The molecule has 0 fully saturated rings. The van der Waals surface area contributed by atoms with Gasteiger partial charge in [0.05, 0.1) is 23.8 Å². The van der Waals surface area contributed by atoms with E-state index in [0.717, 1.165) is 22.2 Å². The van der Waals surface area contributed by atoms with Crippen LogP contribution in [-0.4, -0.2) is 19.5 Å². The fraction of sp³-hybridized carbons (Fsp3) is 0.364. The zero-order chi connectivity index (χ0) is 11.0. The quantitative estimate of drug-likeness (QED) is 0.775. The maximum absolute atomic E-state index is 11.4. The Hall–Kier alpha value is -1.03. The molecule has 0 N–H and O–H groups in total. The highest BCUT2D eigenvalue weighted by atomic mass is 79.9. The molecule has 1 heterocycles. The number of hydrogen-bond acceptors (Lipinski definition) is 3. The highest BCUT2D eigenvalue weighted by Gasteiger charge is 2.23. The van der Waals surface area contributed by atoms with Crippen molar-refractivity contribution in [1.29, 1.82) is 0 Å². The van der Waals surface area contributed by atoms with Crippen molar-refractivity contribution < 1.29 is 14.3 Å². The van der Waals surface area contributed by atoms with Gasteiger partial charge in [-0.05, 0) is 28.9 Å². The molecule has 0 bridgehead atoms. The Labute approximate surface area is 96.5 Å². The van der Waals surface area contributed by atoms with Crippen LogP contribution in [0.3, 0.4) is 0 Å². The zero-order valence-electron chi connectivity index (χ0n) is 8.59. The van der Waals surface area contributed by atoms with Crippen molar-refractivity contribution in [2.75, 3.05) is 13.7 Å². The molecule has 4 heteroatoms. The third kappa shape index (κ3) is 1.63. The molecule has 0 saturated carbocycles. The molecule has 1 aromatic rings. The van der Waals surface area contributed by atoms with Crippen molar-refractivity contribution >= 4 is 21.7 Å². The topological polar surface area (TPSA) is 35.5 Å². The molecule has 0 saturated heterocycles. The van der Waals surface area contributed by atoms with Crippen molar-refractivity contribution in [2.45, 2.75) is 13.3 Å². The first-order chi connectivity index (χ1) is 7.15. The van der Waals surface area contributed by atoms with Crippen LogP contribution in [-0.2, 0) is 6.42 Å². The van der Waals surface area contributed by atoms with Gasteiger partial charge in [0.2, 0.25) is 0 Å². The molecule has 0 aromatic heterocycles.